The summed E-state index contributed by atoms with van der Waals surface area (Å²) in [6, 6.07) is 7.48. The molecular weight excluding hydrogens is 269 g/mol. The van der Waals surface area contributed by atoms with Crippen LogP contribution in [0.15, 0.2) is 24.3 Å². The molecule has 0 bridgehead atoms. The van der Waals surface area contributed by atoms with Gasteiger partial charge in [-0.2, -0.15) is 13.2 Å². The summed E-state index contributed by atoms with van der Waals surface area (Å²) >= 11 is 0. The molecule has 0 aromatic heterocycles. The lowest BCUT2D eigenvalue weighted by molar-refractivity contribution is -0.194. The summed E-state index contributed by atoms with van der Waals surface area (Å²) in [5, 5.41) is 0. The van der Waals surface area contributed by atoms with Crippen LogP contribution in [0.3, 0.4) is 0 Å². The fraction of sp³-hybridized carbons (Fsp3) is 0.500. The molecule has 1 aromatic rings. The normalized spacial score (nSPS) is 18.9. The Morgan fingerprint density at radius 1 is 1.25 bits per heavy atom. The van der Waals surface area contributed by atoms with Gasteiger partial charge in [0, 0.05) is 13.1 Å². The van der Waals surface area contributed by atoms with Crippen molar-refractivity contribution >= 4 is 5.91 Å². The maximum atomic E-state index is 12.9. The van der Waals surface area contributed by atoms with E-state index in [1.54, 1.807) is 0 Å². The van der Waals surface area contributed by atoms with Gasteiger partial charge in [-0.1, -0.05) is 24.3 Å². The number of carbonyl (C=O) groups excluding carboxylic acids is 1. The van der Waals surface area contributed by atoms with Crippen LogP contribution in [0.25, 0.3) is 0 Å². The predicted molar refractivity (Wildman–Crippen MR) is 68.8 cm³/mol. The second kappa shape index (κ2) is 5.09. The van der Waals surface area contributed by atoms with E-state index >= 15 is 0 Å². The van der Waals surface area contributed by atoms with Crippen LogP contribution >= 0.6 is 0 Å². The summed E-state index contributed by atoms with van der Waals surface area (Å²) in [6.07, 6.45) is -3.36. The zero-order chi connectivity index (χ0) is 15.0. The largest absolute Gasteiger partial charge is 0.415 e. The highest BCUT2D eigenvalue weighted by Crippen LogP contribution is 2.31. The SMILES string of the molecule is CC(N)(C(=O)N1CCCc2ccccc2C1)C(F)(F)F. The van der Waals surface area contributed by atoms with E-state index in [9.17, 15) is 18.0 Å². The zero-order valence-corrected chi connectivity index (χ0v) is 11.2. The molecule has 1 amide bonds. The maximum absolute atomic E-state index is 12.9. The van der Waals surface area contributed by atoms with Crippen molar-refractivity contribution in [1.29, 1.82) is 0 Å². The minimum atomic E-state index is -4.75. The highest BCUT2D eigenvalue weighted by molar-refractivity contribution is 5.86. The Bertz CT molecular complexity index is 511. The second-order valence-electron chi connectivity index (χ2n) is 5.30. The molecule has 0 saturated heterocycles. The van der Waals surface area contributed by atoms with Crippen LogP contribution in [0.5, 0.6) is 0 Å². The molecule has 1 unspecified atom stereocenters. The van der Waals surface area contributed by atoms with E-state index in [4.69, 9.17) is 5.73 Å². The first kappa shape index (κ1) is 14.8. The van der Waals surface area contributed by atoms with Crippen molar-refractivity contribution < 1.29 is 18.0 Å². The molecule has 1 aliphatic rings. The van der Waals surface area contributed by atoms with Crippen molar-refractivity contribution in [2.45, 2.75) is 38.0 Å². The monoisotopic (exact) mass is 286 g/mol. The lowest BCUT2D eigenvalue weighted by Gasteiger charge is -2.32. The molecular formula is C14H17F3N2O. The highest BCUT2D eigenvalue weighted by Gasteiger charge is 2.55. The number of amides is 1. The molecule has 1 aromatic carbocycles. The number of carbonyl (C=O) groups is 1. The van der Waals surface area contributed by atoms with E-state index in [2.05, 4.69) is 0 Å². The van der Waals surface area contributed by atoms with Gasteiger partial charge in [0.2, 0.25) is 0 Å². The van der Waals surface area contributed by atoms with Gasteiger partial charge in [0.1, 0.15) is 0 Å². The lowest BCUT2D eigenvalue weighted by atomic mass is 10.0. The van der Waals surface area contributed by atoms with E-state index < -0.39 is 17.6 Å². The standard InChI is InChI=1S/C14H17F3N2O/c1-13(18,14(15,16)17)12(20)19-8-4-7-10-5-2-3-6-11(10)9-19/h2-3,5-6H,4,7-9,18H2,1H3. The minimum Gasteiger partial charge on any atom is -0.336 e. The molecule has 0 saturated carbocycles. The smallest absolute Gasteiger partial charge is 0.336 e. The van der Waals surface area contributed by atoms with Crippen molar-refractivity contribution in [3.05, 3.63) is 35.4 Å². The first-order chi connectivity index (χ1) is 9.23. The number of nitrogens with two attached hydrogens (primary N) is 1. The van der Waals surface area contributed by atoms with Crippen molar-refractivity contribution in [1.82, 2.24) is 4.90 Å². The van der Waals surface area contributed by atoms with Crippen LogP contribution in [0.1, 0.15) is 24.5 Å². The average molecular weight is 286 g/mol. The number of rotatable bonds is 1. The summed E-state index contributed by atoms with van der Waals surface area (Å²) in [7, 11) is 0. The number of aryl methyl sites for hydroxylation is 1. The number of alkyl halides is 3. The van der Waals surface area contributed by atoms with E-state index in [1.807, 2.05) is 24.3 Å². The third-order valence-electron chi connectivity index (χ3n) is 3.67. The van der Waals surface area contributed by atoms with Gasteiger partial charge in [-0.25, -0.2) is 0 Å². The molecule has 2 rings (SSSR count). The third kappa shape index (κ3) is 2.65. The Labute approximate surface area is 115 Å². The van der Waals surface area contributed by atoms with E-state index in [-0.39, 0.29) is 13.1 Å². The molecule has 1 aliphatic heterocycles. The molecule has 3 nitrogen and oxygen atoms in total. The van der Waals surface area contributed by atoms with Crippen LogP contribution in [-0.4, -0.2) is 29.1 Å². The van der Waals surface area contributed by atoms with Gasteiger partial charge in [0.25, 0.3) is 5.91 Å². The van der Waals surface area contributed by atoms with E-state index in [0.717, 1.165) is 24.5 Å². The number of halogens is 3. The number of benzene rings is 1. The Morgan fingerprint density at radius 3 is 2.45 bits per heavy atom. The molecule has 2 N–H and O–H groups in total. The third-order valence-corrected chi connectivity index (χ3v) is 3.67. The lowest BCUT2D eigenvalue weighted by Crippen LogP contribution is -2.62. The fourth-order valence-electron chi connectivity index (χ4n) is 2.32. The average Bonchev–Trinajstić information content (AvgIpc) is 2.58. The Morgan fingerprint density at radius 2 is 1.85 bits per heavy atom. The zero-order valence-electron chi connectivity index (χ0n) is 11.2. The summed E-state index contributed by atoms with van der Waals surface area (Å²) in [5.74, 6) is -1.07. The van der Waals surface area contributed by atoms with E-state index in [0.29, 0.717) is 6.42 Å². The van der Waals surface area contributed by atoms with Crippen LogP contribution in [0, 0.1) is 0 Å². The molecule has 20 heavy (non-hydrogen) atoms. The summed E-state index contributed by atoms with van der Waals surface area (Å²) < 4.78 is 38.6. The summed E-state index contributed by atoms with van der Waals surface area (Å²) in [5.41, 5.74) is 4.34. The molecule has 110 valence electrons. The Kier molecular flexibility index (Phi) is 3.77. The van der Waals surface area contributed by atoms with Crippen molar-refractivity contribution in [3.8, 4) is 0 Å². The highest BCUT2D eigenvalue weighted by atomic mass is 19.4. The first-order valence-corrected chi connectivity index (χ1v) is 6.45. The Hall–Kier alpha value is -1.56. The van der Waals surface area contributed by atoms with Crippen molar-refractivity contribution in [2.24, 2.45) is 5.73 Å². The molecule has 0 radical (unpaired) electrons. The molecule has 0 aliphatic carbocycles. The first-order valence-electron chi connectivity index (χ1n) is 6.45. The summed E-state index contributed by atoms with van der Waals surface area (Å²) in [6.45, 7) is 1.19. The molecule has 0 fully saturated rings. The van der Waals surface area contributed by atoms with Gasteiger partial charge in [-0.15, -0.1) is 0 Å². The number of hydrogen-bond donors (Lipinski definition) is 1. The van der Waals surface area contributed by atoms with Gasteiger partial charge in [-0.3, -0.25) is 4.79 Å². The molecule has 6 heteroatoms. The minimum absolute atomic E-state index is 0.178. The number of hydrogen-bond acceptors (Lipinski definition) is 2. The van der Waals surface area contributed by atoms with Gasteiger partial charge in [0.05, 0.1) is 0 Å². The predicted octanol–water partition coefficient (Wildman–Crippen LogP) is 2.24. The maximum Gasteiger partial charge on any atom is 0.415 e. The van der Waals surface area contributed by atoms with Crippen LogP contribution in [-0.2, 0) is 17.8 Å². The quantitative estimate of drug-likeness (QED) is 0.860. The van der Waals surface area contributed by atoms with E-state index in [1.165, 1.54) is 4.90 Å². The van der Waals surface area contributed by atoms with Gasteiger partial charge < -0.3 is 10.6 Å². The van der Waals surface area contributed by atoms with Crippen molar-refractivity contribution in [2.75, 3.05) is 6.54 Å². The number of fused-ring (bicyclic) bond motifs is 1. The van der Waals surface area contributed by atoms with Crippen LogP contribution < -0.4 is 5.73 Å². The molecule has 0 spiro atoms. The Balaban J connectivity index is 2.24. The number of nitrogens with zero attached hydrogens (tertiary/aromatic N) is 1. The molecule has 1 atom stereocenters. The molecule has 1 heterocycles. The van der Waals surface area contributed by atoms with Gasteiger partial charge >= 0.3 is 6.18 Å². The fourth-order valence-corrected chi connectivity index (χ4v) is 2.32. The topological polar surface area (TPSA) is 46.3 Å². The second-order valence-corrected chi connectivity index (χ2v) is 5.30. The summed E-state index contributed by atoms with van der Waals surface area (Å²) in [4.78, 5) is 13.3. The van der Waals surface area contributed by atoms with Crippen molar-refractivity contribution in [3.63, 3.8) is 0 Å². The van der Waals surface area contributed by atoms with Crippen LogP contribution in [0.2, 0.25) is 0 Å². The van der Waals surface area contributed by atoms with Crippen LogP contribution in [0.4, 0.5) is 13.2 Å². The van der Waals surface area contributed by atoms with Gasteiger partial charge in [0.15, 0.2) is 5.54 Å². The van der Waals surface area contributed by atoms with Gasteiger partial charge in [-0.05, 0) is 30.9 Å².